The van der Waals surface area contributed by atoms with Gasteiger partial charge in [-0.05, 0) is 44.0 Å². The lowest BCUT2D eigenvalue weighted by Crippen LogP contribution is -2.40. The van der Waals surface area contributed by atoms with Crippen LogP contribution in [0.2, 0.25) is 0 Å². The standard InChI is InChI=1S/C18H29N3O2/c1-15(22)13-20(2)18(23)19-12-16-8-4-5-9-17(16)14-21-10-6-3-7-11-21/h4-5,8-9,15,22H,3,6-7,10-14H2,1-2H3,(H,19,23). The van der Waals surface area contributed by atoms with Crippen LogP contribution in [0.25, 0.3) is 0 Å². The van der Waals surface area contributed by atoms with Crippen molar-refractivity contribution in [3.05, 3.63) is 35.4 Å². The number of benzene rings is 1. The number of urea groups is 1. The van der Waals surface area contributed by atoms with Gasteiger partial charge in [0.2, 0.25) is 0 Å². The molecule has 1 heterocycles. The first kappa shape index (κ1) is 17.8. The Kier molecular flexibility index (Phi) is 6.86. The number of carbonyl (C=O) groups is 1. The van der Waals surface area contributed by atoms with Gasteiger partial charge in [0.05, 0.1) is 6.10 Å². The molecule has 128 valence electrons. The van der Waals surface area contributed by atoms with E-state index in [4.69, 9.17) is 0 Å². The summed E-state index contributed by atoms with van der Waals surface area (Å²) in [6.45, 7) is 5.82. The van der Waals surface area contributed by atoms with Crippen molar-refractivity contribution >= 4 is 6.03 Å². The van der Waals surface area contributed by atoms with Crippen molar-refractivity contribution in [2.24, 2.45) is 0 Å². The van der Waals surface area contributed by atoms with Crippen LogP contribution in [0.15, 0.2) is 24.3 Å². The average molecular weight is 319 g/mol. The molecule has 5 heteroatoms. The minimum atomic E-state index is -0.517. The number of hydrogen-bond donors (Lipinski definition) is 2. The molecule has 2 N–H and O–H groups in total. The smallest absolute Gasteiger partial charge is 0.317 e. The average Bonchev–Trinajstić information content (AvgIpc) is 2.54. The first-order valence-electron chi connectivity index (χ1n) is 8.52. The summed E-state index contributed by atoms with van der Waals surface area (Å²) in [5, 5.41) is 12.3. The molecule has 1 aliphatic heterocycles. The van der Waals surface area contributed by atoms with Crippen molar-refractivity contribution in [2.45, 2.75) is 45.4 Å². The SMILES string of the molecule is CC(O)CN(C)C(=O)NCc1ccccc1CN1CCCCC1. The minimum absolute atomic E-state index is 0.154. The first-order valence-corrected chi connectivity index (χ1v) is 8.52. The van der Waals surface area contributed by atoms with Gasteiger partial charge in [0.25, 0.3) is 0 Å². The van der Waals surface area contributed by atoms with E-state index in [0.717, 1.165) is 25.2 Å². The molecule has 0 radical (unpaired) electrons. The van der Waals surface area contributed by atoms with Crippen molar-refractivity contribution < 1.29 is 9.90 Å². The fraction of sp³-hybridized carbons (Fsp3) is 0.611. The lowest BCUT2D eigenvalue weighted by atomic mass is 10.0. The number of aliphatic hydroxyl groups excluding tert-OH is 1. The van der Waals surface area contributed by atoms with Crippen LogP contribution in [-0.2, 0) is 13.1 Å². The monoisotopic (exact) mass is 319 g/mol. The molecule has 0 saturated carbocycles. The second-order valence-electron chi connectivity index (χ2n) is 6.49. The molecule has 1 unspecified atom stereocenters. The van der Waals surface area contributed by atoms with Crippen LogP contribution >= 0.6 is 0 Å². The molecule has 2 amide bonds. The quantitative estimate of drug-likeness (QED) is 0.845. The zero-order valence-corrected chi connectivity index (χ0v) is 14.3. The highest BCUT2D eigenvalue weighted by Gasteiger charge is 2.14. The molecule has 5 nitrogen and oxygen atoms in total. The number of likely N-dealkylation sites (N-methyl/N-ethyl adjacent to an activating group) is 1. The summed E-state index contributed by atoms with van der Waals surface area (Å²) in [7, 11) is 1.70. The van der Waals surface area contributed by atoms with Crippen LogP contribution in [0.1, 0.15) is 37.3 Å². The molecule has 2 rings (SSSR count). The van der Waals surface area contributed by atoms with Crippen LogP contribution < -0.4 is 5.32 Å². The summed E-state index contributed by atoms with van der Waals surface area (Å²) < 4.78 is 0. The van der Waals surface area contributed by atoms with E-state index in [1.54, 1.807) is 14.0 Å². The number of carbonyl (C=O) groups excluding carboxylic acids is 1. The molecule has 0 bridgehead atoms. The third-order valence-corrected chi connectivity index (χ3v) is 4.28. The lowest BCUT2D eigenvalue weighted by Gasteiger charge is -2.27. The summed E-state index contributed by atoms with van der Waals surface area (Å²) in [6.07, 6.45) is 3.38. The molecule has 1 fully saturated rings. The fourth-order valence-corrected chi connectivity index (χ4v) is 3.03. The predicted octanol–water partition coefficient (Wildman–Crippen LogP) is 2.19. The lowest BCUT2D eigenvalue weighted by molar-refractivity contribution is 0.143. The Balaban J connectivity index is 1.90. The maximum atomic E-state index is 12.0. The topological polar surface area (TPSA) is 55.8 Å². The summed E-state index contributed by atoms with van der Waals surface area (Å²) in [4.78, 5) is 16.0. The number of rotatable bonds is 6. The van der Waals surface area contributed by atoms with E-state index in [0.29, 0.717) is 13.1 Å². The Morgan fingerprint density at radius 1 is 1.26 bits per heavy atom. The van der Waals surface area contributed by atoms with Crippen LogP contribution in [0.3, 0.4) is 0 Å². The Labute approximate surface area is 139 Å². The third-order valence-electron chi connectivity index (χ3n) is 4.28. The van der Waals surface area contributed by atoms with Crippen molar-refractivity contribution in [1.82, 2.24) is 15.1 Å². The number of amides is 2. The van der Waals surface area contributed by atoms with Gasteiger partial charge in [-0.25, -0.2) is 4.79 Å². The summed E-state index contributed by atoms with van der Waals surface area (Å²) in [5.74, 6) is 0. The Morgan fingerprint density at radius 2 is 1.91 bits per heavy atom. The molecule has 1 aromatic rings. The number of nitrogens with zero attached hydrogens (tertiary/aromatic N) is 2. The molecule has 0 aliphatic carbocycles. The highest BCUT2D eigenvalue weighted by atomic mass is 16.3. The van der Waals surface area contributed by atoms with Crippen LogP contribution in [0.4, 0.5) is 4.79 Å². The van der Waals surface area contributed by atoms with Gasteiger partial charge in [-0.2, -0.15) is 0 Å². The van der Waals surface area contributed by atoms with E-state index in [2.05, 4.69) is 28.4 Å². The van der Waals surface area contributed by atoms with Gasteiger partial charge in [-0.1, -0.05) is 30.7 Å². The molecule has 0 spiro atoms. The fourth-order valence-electron chi connectivity index (χ4n) is 3.03. The van der Waals surface area contributed by atoms with Crippen molar-refractivity contribution in [1.29, 1.82) is 0 Å². The summed E-state index contributed by atoms with van der Waals surface area (Å²) >= 11 is 0. The molecule has 23 heavy (non-hydrogen) atoms. The van der Waals surface area contributed by atoms with Gasteiger partial charge >= 0.3 is 6.03 Å². The highest BCUT2D eigenvalue weighted by molar-refractivity contribution is 5.73. The van der Waals surface area contributed by atoms with Crippen LogP contribution in [0.5, 0.6) is 0 Å². The summed E-state index contributed by atoms with van der Waals surface area (Å²) in [5.41, 5.74) is 2.45. The first-order chi connectivity index (χ1) is 11.1. The molecule has 1 aromatic carbocycles. The van der Waals surface area contributed by atoms with Gasteiger partial charge in [0, 0.05) is 26.7 Å². The maximum absolute atomic E-state index is 12.0. The summed E-state index contributed by atoms with van der Waals surface area (Å²) in [6, 6.07) is 8.15. The van der Waals surface area contributed by atoms with Gasteiger partial charge in [0.15, 0.2) is 0 Å². The van der Waals surface area contributed by atoms with Crippen molar-refractivity contribution in [3.8, 4) is 0 Å². The molecular formula is C18H29N3O2. The number of piperidine rings is 1. The van der Waals surface area contributed by atoms with Gasteiger partial charge in [-0.15, -0.1) is 0 Å². The van der Waals surface area contributed by atoms with E-state index >= 15 is 0 Å². The molecular weight excluding hydrogens is 290 g/mol. The van der Waals surface area contributed by atoms with E-state index in [1.807, 2.05) is 6.07 Å². The Bertz CT molecular complexity index is 499. The van der Waals surface area contributed by atoms with Crippen molar-refractivity contribution in [3.63, 3.8) is 0 Å². The number of hydrogen-bond acceptors (Lipinski definition) is 3. The molecule has 1 saturated heterocycles. The number of nitrogens with one attached hydrogen (secondary N) is 1. The van der Waals surface area contributed by atoms with E-state index in [1.165, 1.54) is 29.7 Å². The molecule has 1 aliphatic rings. The van der Waals surface area contributed by atoms with Crippen molar-refractivity contribution in [2.75, 3.05) is 26.7 Å². The largest absolute Gasteiger partial charge is 0.392 e. The Hall–Kier alpha value is -1.59. The van der Waals surface area contributed by atoms with E-state index in [9.17, 15) is 9.90 Å². The Morgan fingerprint density at radius 3 is 2.57 bits per heavy atom. The molecule has 1 atom stereocenters. The maximum Gasteiger partial charge on any atom is 0.317 e. The zero-order chi connectivity index (χ0) is 16.7. The van der Waals surface area contributed by atoms with Crippen LogP contribution in [-0.4, -0.2) is 53.7 Å². The van der Waals surface area contributed by atoms with E-state index < -0.39 is 6.10 Å². The number of aliphatic hydroxyl groups is 1. The predicted molar refractivity (Wildman–Crippen MR) is 92.1 cm³/mol. The second kappa shape index (κ2) is 8.89. The molecule has 0 aromatic heterocycles. The van der Waals surface area contributed by atoms with Gasteiger partial charge in [-0.3, -0.25) is 4.90 Å². The second-order valence-corrected chi connectivity index (χ2v) is 6.49. The zero-order valence-electron chi connectivity index (χ0n) is 14.3. The van der Waals surface area contributed by atoms with Crippen LogP contribution in [0, 0.1) is 0 Å². The normalized spacial score (nSPS) is 16.8. The number of likely N-dealkylation sites (tertiary alicyclic amines) is 1. The highest BCUT2D eigenvalue weighted by Crippen LogP contribution is 2.16. The third kappa shape index (κ3) is 5.84. The minimum Gasteiger partial charge on any atom is -0.392 e. The van der Waals surface area contributed by atoms with Gasteiger partial charge in [0.1, 0.15) is 0 Å². The van der Waals surface area contributed by atoms with Gasteiger partial charge < -0.3 is 15.3 Å². The van der Waals surface area contributed by atoms with E-state index in [-0.39, 0.29) is 6.03 Å².